The first-order chi connectivity index (χ1) is 29.7. The quantitative estimate of drug-likeness (QED) is 0.0867. The van der Waals surface area contributed by atoms with Crippen molar-refractivity contribution in [1.29, 1.82) is 0 Å². The fourth-order valence-electron chi connectivity index (χ4n) is 5.72. The van der Waals surface area contributed by atoms with Crippen molar-refractivity contribution >= 4 is 81.3 Å². The fraction of sp³-hybridized carbons (Fsp3) is 0.273. The summed E-state index contributed by atoms with van der Waals surface area (Å²) in [4.78, 5) is 28.4. The van der Waals surface area contributed by atoms with Gasteiger partial charge >= 0.3 is 12.1 Å². The Hall–Kier alpha value is -4.76. The molecule has 0 fully saturated rings. The highest BCUT2D eigenvalue weighted by Crippen LogP contribution is 2.31. The van der Waals surface area contributed by atoms with Crippen molar-refractivity contribution in [3.8, 4) is 0 Å². The Kier molecular flexibility index (Phi) is 20.4. The van der Waals surface area contributed by atoms with Crippen LogP contribution >= 0.6 is 58.0 Å². The van der Waals surface area contributed by atoms with Crippen LogP contribution in [0.25, 0.3) is 0 Å². The summed E-state index contributed by atoms with van der Waals surface area (Å²) in [5, 5.41) is 16.4. The van der Waals surface area contributed by atoms with E-state index < -0.39 is 23.6 Å². The maximum Gasteiger partial charge on any atom is 0.416 e. The van der Waals surface area contributed by atoms with E-state index in [4.69, 9.17) is 72.4 Å². The van der Waals surface area contributed by atoms with Gasteiger partial charge in [0.15, 0.2) is 0 Å². The molecule has 2 aromatic heterocycles. The average molecular weight is 956 g/mol. The standard InChI is InChI=1S/C18H15Cl3N2O.C14H19Cl2NO2.C12H9F3N2O2/c19-14-3-1-13(2-4-14)11-24-18(10-23-8-7-22-12-23)16-6-5-15(20)9-17(16)21;15-8-10-17(11-9-16)13-6-4-12(5-7-13)2-1-3-14(18)19;1-7-10(6-16-19-7)11(18)17-9-4-2-8(3-5-9)12(13,14)15/h1-9,12,18H,10-11H2;4-7H,1-3,8-11H2,(H,18,19);2-6H,1H3,(H,17,18). The second-order valence-electron chi connectivity index (χ2n) is 13.5. The van der Waals surface area contributed by atoms with E-state index in [1.54, 1.807) is 25.5 Å². The minimum atomic E-state index is -4.40. The molecule has 0 aliphatic rings. The molecular formula is C44H43Cl5F3N5O5. The zero-order valence-electron chi connectivity index (χ0n) is 33.3. The second-order valence-corrected chi connectivity index (χ2v) is 15.5. The number of nitrogens with one attached hydrogen (secondary N) is 1. The van der Waals surface area contributed by atoms with Gasteiger partial charge in [-0.25, -0.2) is 4.98 Å². The summed E-state index contributed by atoms with van der Waals surface area (Å²) in [6.07, 6.45) is 3.68. The number of imidazole rings is 1. The third-order valence-corrected chi connectivity index (χ3v) is 10.1. The lowest BCUT2D eigenvalue weighted by atomic mass is 10.1. The Balaban J connectivity index is 0.000000207. The first-order valence-corrected chi connectivity index (χ1v) is 21.2. The van der Waals surface area contributed by atoms with E-state index in [9.17, 15) is 22.8 Å². The van der Waals surface area contributed by atoms with Crippen LogP contribution in [0.1, 0.15) is 57.3 Å². The maximum atomic E-state index is 12.4. The number of alkyl halides is 5. The summed E-state index contributed by atoms with van der Waals surface area (Å²) in [6.45, 7) is 4.17. The molecule has 0 aliphatic carbocycles. The van der Waals surface area contributed by atoms with Gasteiger partial charge in [-0.05, 0) is 91.6 Å². The number of ether oxygens (including phenoxy) is 1. The normalized spacial score (nSPS) is 11.4. The lowest BCUT2D eigenvalue weighted by molar-refractivity contribution is -0.138. The Morgan fingerprint density at radius 1 is 0.903 bits per heavy atom. The number of carbonyl (C=O) groups excluding carboxylic acids is 1. The van der Waals surface area contributed by atoms with Crippen molar-refractivity contribution in [1.82, 2.24) is 14.7 Å². The third-order valence-electron chi connectivity index (χ3n) is 8.94. The molecule has 62 heavy (non-hydrogen) atoms. The number of benzene rings is 4. The number of carbonyl (C=O) groups is 2. The predicted molar refractivity (Wildman–Crippen MR) is 239 cm³/mol. The van der Waals surface area contributed by atoms with Crippen LogP contribution in [0.4, 0.5) is 24.5 Å². The number of carboxylic acid groups (broad SMARTS) is 1. The van der Waals surface area contributed by atoms with Gasteiger partial charge in [0.25, 0.3) is 5.91 Å². The molecule has 0 bridgehead atoms. The number of nitrogens with zero attached hydrogens (tertiary/aromatic N) is 4. The van der Waals surface area contributed by atoms with Crippen LogP contribution in [-0.2, 0) is 35.3 Å². The summed E-state index contributed by atoms with van der Waals surface area (Å²) in [5.41, 5.74) is 3.92. The molecule has 6 rings (SSSR count). The highest BCUT2D eigenvalue weighted by atomic mass is 35.5. The largest absolute Gasteiger partial charge is 0.481 e. The van der Waals surface area contributed by atoms with Crippen LogP contribution < -0.4 is 10.2 Å². The monoisotopic (exact) mass is 953 g/mol. The molecule has 0 spiro atoms. The maximum absolute atomic E-state index is 12.4. The van der Waals surface area contributed by atoms with E-state index in [0.717, 1.165) is 54.0 Å². The zero-order chi connectivity index (χ0) is 45.1. The third kappa shape index (κ3) is 16.8. The van der Waals surface area contributed by atoms with Gasteiger partial charge in [0.1, 0.15) is 17.4 Å². The van der Waals surface area contributed by atoms with Crippen molar-refractivity contribution in [2.24, 2.45) is 0 Å². The van der Waals surface area contributed by atoms with Gasteiger partial charge < -0.3 is 29.2 Å². The minimum absolute atomic E-state index is 0.215. The molecule has 4 aromatic carbocycles. The number of aryl methyl sites for hydroxylation is 2. The van der Waals surface area contributed by atoms with Gasteiger partial charge in [0.05, 0.1) is 31.2 Å². The first-order valence-electron chi connectivity index (χ1n) is 19.0. The van der Waals surface area contributed by atoms with Gasteiger partial charge in [0, 0.05) is 75.7 Å². The van der Waals surface area contributed by atoms with Gasteiger partial charge in [-0.2, -0.15) is 13.2 Å². The van der Waals surface area contributed by atoms with Crippen LogP contribution in [0.5, 0.6) is 0 Å². The van der Waals surface area contributed by atoms with Crippen LogP contribution in [0.2, 0.25) is 15.1 Å². The molecule has 0 saturated heterocycles. The Bertz CT molecular complexity index is 2260. The summed E-state index contributed by atoms with van der Waals surface area (Å²) in [7, 11) is 0. The lowest BCUT2D eigenvalue weighted by Crippen LogP contribution is -2.27. The van der Waals surface area contributed by atoms with E-state index >= 15 is 0 Å². The number of anilines is 2. The number of carboxylic acids is 1. The molecular weight excluding hydrogens is 913 g/mol. The van der Waals surface area contributed by atoms with Crippen LogP contribution in [0, 0.1) is 6.92 Å². The number of hydrogen-bond donors (Lipinski definition) is 2. The molecule has 18 heteroatoms. The highest BCUT2D eigenvalue weighted by Gasteiger charge is 2.30. The van der Waals surface area contributed by atoms with Gasteiger partial charge in [-0.3, -0.25) is 9.59 Å². The number of aliphatic carboxylic acids is 1. The Morgan fingerprint density at radius 2 is 1.55 bits per heavy atom. The summed E-state index contributed by atoms with van der Waals surface area (Å²) < 4.78 is 49.9. The molecule has 330 valence electrons. The SMILES string of the molecule is Cc1oncc1C(=O)Nc1ccc(C(F)(F)F)cc1.Clc1ccc(COC(Cn2ccnc2)c2ccc(Cl)cc2Cl)cc1.O=C(O)CCCc1ccc(N(CCCl)CCCl)cc1. The van der Waals surface area contributed by atoms with Gasteiger partial charge in [-0.1, -0.05) is 70.3 Å². The predicted octanol–water partition coefficient (Wildman–Crippen LogP) is 12.4. The summed E-state index contributed by atoms with van der Waals surface area (Å²) in [6, 6.07) is 25.3. The van der Waals surface area contributed by atoms with Crippen molar-refractivity contribution in [2.45, 2.75) is 51.6 Å². The average Bonchev–Trinajstić information content (AvgIpc) is 3.92. The van der Waals surface area contributed by atoms with E-state index in [1.165, 1.54) is 18.3 Å². The molecule has 0 aliphatic heterocycles. The van der Waals surface area contributed by atoms with Crippen molar-refractivity contribution in [3.05, 3.63) is 165 Å². The van der Waals surface area contributed by atoms with Crippen molar-refractivity contribution < 1.29 is 37.1 Å². The molecule has 1 amide bonds. The van der Waals surface area contributed by atoms with Crippen LogP contribution in [-0.4, -0.2) is 56.5 Å². The van der Waals surface area contributed by atoms with Crippen molar-refractivity contribution in [2.75, 3.05) is 35.1 Å². The Labute approximate surface area is 382 Å². The van der Waals surface area contributed by atoms with Crippen LogP contribution in [0.15, 0.2) is 120 Å². The molecule has 0 saturated carbocycles. The summed E-state index contributed by atoms with van der Waals surface area (Å²) in [5.74, 6) is 0.240. The smallest absolute Gasteiger partial charge is 0.416 e. The molecule has 2 heterocycles. The number of aromatic nitrogens is 3. The molecule has 6 aromatic rings. The highest BCUT2D eigenvalue weighted by molar-refractivity contribution is 6.35. The first kappa shape index (κ1) is 49.9. The van der Waals surface area contributed by atoms with Crippen LogP contribution in [0.3, 0.4) is 0 Å². The Morgan fingerprint density at radius 3 is 2.10 bits per heavy atom. The zero-order valence-corrected chi connectivity index (χ0v) is 37.1. The molecule has 0 radical (unpaired) electrons. The second kappa shape index (κ2) is 25.4. The number of halogens is 8. The van der Waals surface area contributed by atoms with E-state index in [0.29, 0.717) is 52.2 Å². The molecule has 1 atom stereocenters. The number of hydrogen-bond acceptors (Lipinski definition) is 7. The fourth-order valence-corrected chi connectivity index (χ4v) is 6.78. The van der Waals surface area contributed by atoms with Crippen molar-refractivity contribution in [3.63, 3.8) is 0 Å². The number of rotatable bonds is 17. The summed E-state index contributed by atoms with van der Waals surface area (Å²) >= 11 is 29.8. The molecule has 1 unspecified atom stereocenters. The van der Waals surface area contributed by atoms with Gasteiger partial charge in [0.2, 0.25) is 0 Å². The number of amides is 1. The van der Waals surface area contributed by atoms with E-state index in [1.807, 2.05) is 71.4 Å². The molecule has 10 nitrogen and oxygen atoms in total. The topological polar surface area (TPSA) is 123 Å². The van der Waals surface area contributed by atoms with E-state index in [2.05, 4.69) is 20.4 Å². The van der Waals surface area contributed by atoms with Gasteiger partial charge in [-0.15, -0.1) is 23.2 Å². The molecule has 2 N–H and O–H groups in total. The lowest BCUT2D eigenvalue weighted by Gasteiger charge is -2.23. The minimum Gasteiger partial charge on any atom is -0.481 e. The van der Waals surface area contributed by atoms with E-state index in [-0.39, 0.29) is 23.8 Å².